The number of allylic oxidation sites excluding steroid dienone is 2. The van der Waals surface area contributed by atoms with Crippen molar-refractivity contribution in [2.75, 3.05) is 6.61 Å². The first-order chi connectivity index (χ1) is 19.2. The van der Waals surface area contributed by atoms with Gasteiger partial charge in [-0.05, 0) is 128 Å². The minimum absolute atomic E-state index is 0.160. The Labute approximate surface area is 249 Å². The van der Waals surface area contributed by atoms with Crippen LogP contribution in [-0.2, 0) is 16.0 Å². The number of benzene rings is 1. The number of rotatable bonds is 5. The molecule has 41 heavy (non-hydrogen) atoms. The molecule has 0 aromatic heterocycles. The highest BCUT2D eigenvalue weighted by Crippen LogP contribution is 2.75. The van der Waals surface area contributed by atoms with E-state index in [1.165, 1.54) is 44.1 Å². The smallest absolute Gasteiger partial charge is 0.309 e. The van der Waals surface area contributed by atoms with Crippen molar-refractivity contribution in [2.45, 2.75) is 125 Å². The zero-order valence-electron chi connectivity index (χ0n) is 27.0. The first-order valence-electron chi connectivity index (χ1n) is 16.8. The fraction of sp³-hybridized carbons (Fsp3) is 0.763. The average molecular weight is 561 g/mol. The van der Waals surface area contributed by atoms with Crippen LogP contribution in [-0.4, -0.2) is 23.8 Å². The van der Waals surface area contributed by atoms with E-state index in [-0.39, 0.29) is 21.7 Å². The van der Waals surface area contributed by atoms with Gasteiger partial charge in [0.15, 0.2) is 0 Å². The Kier molecular flexibility index (Phi) is 6.97. The number of aliphatic carboxylic acids is 1. The number of carbonyl (C=O) groups is 1. The predicted molar refractivity (Wildman–Crippen MR) is 167 cm³/mol. The second kappa shape index (κ2) is 9.70. The van der Waals surface area contributed by atoms with Crippen LogP contribution in [0, 0.1) is 50.2 Å². The molecule has 0 saturated heterocycles. The molecule has 226 valence electrons. The molecule has 4 fully saturated rings. The Morgan fingerprint density at radius 3 is 2.29 bits per heavy atom. The maximum Gasteiger partial charge on any atom is 0.309 e. The zero-order valence-corrected chi connectivity index (χ0v) is 27.0. The van der Waals surface area contributed by atoms with E-state index < -0.39 is 11.4 Å². The Bertz CT molecular complexity index is 1200. The molecule has 0 radical (unpaired) electrons. The van der Waals surface area contributed by atoms with E-state index in [4.69, 9.17) is 4.74 Å². The highest BCUT2D eigenvalue weighted by Gasteiger charge is 2.68. The molecular weight excluding hydrogens is 504 g/mol. The van der Waals surface area contributed by atoms with Crippen molar-refractivity contribution in [1.29, 1.82) is 0 Å². The lowest BCUT2D eigenvalue weighted by Crippen LogP contribution is -2.64. The second-order valence-electron chi connectivity index (χ2n) is 17.0. The van der Waals surface area contributed by atoms with Crippen molar-refractivity contribution in [3.8, 4) is 0 Å². The van der Waals surface area contributed by atoms with E-state index >= 15 is 0 Å². The molecule has 4 saturated carbocycles. The van der Waals surface area contributed by atoms with Crippen molar-refractivity contribution in [3.63, 3.8) is 0 Å². The lowest BCUT2D eigenvalue weighted by molar-refractivity contribution is -0.211. The summed E-state index contributed by atoms with van der Waals surface area (Å²) in [5.74, 6) is 1.15. The lowest BCUT2D eigenvalue weighted by atomic mass is 9.33. The van der Waals surface area contributed by atoms with Crippen LogP contribution in [0.5, 0.6) is 0 Å². The molecule has 0 spiro atoms. The maximum atomic E-state index is 12.4. The summed E-state index contributed by atoms with van der Waals surface area (Å²) in [7, 11) is 0. The summed E-state index contributed by atoms with van der Waals surface area (Å²) in [6.07, 6.45) is 15.3. The fourth-order valence-electron chi connectivity index (χ4n) is 11.8. The van der Waals surface area contributed by atoms with Gasteiger partial charge in [0.1, 0.15) is 0 Å². The summed E-state index contributed by atoms with van der Waals surface area (Å²) in [6.45, 7) is 18.2. The van der Waals surface area contributed by atoms with Gasteiger partial charge >= 0.3 is 5.97 Å². The van der Waals surface area contributed by atoms with Crippen molar-refractivity contribution >= 4 is 5.97 Å². The Hall–Kier alpha value is -1.61. The molecule has 0 aliphatic heterocycles. The van der Waals surface area contributed by atoms with Gasteiger partial charge < -0.3 is 9.84 Å². The van der Waals surface area contributed by atoms with Gasteiger partial charge in [-0.2, -0.15) is 0 Å². The molecule has 5 aliphatic carbocycles. The molecule has 2 unspecified atom stereocenters. The zero-order chi connectivity index (χ0) is 29.5. The first kappa shape index (κ1) is 29.5. The summed E-state index contributed by atoms with van der Waals surface area (Å²) in [5, 5.41) is 10.2. The van der Waals surface area contributed by atoms with Crippen LogP contribution in [0.2, 0.25) is 0 Å². The molecule has 0 bridgehead atoms. The SMILES string of the molecule is CC1(C)C2CC[C@]3(C)C(CC=C4[C@@H]5C[C@@](C)(C(=O)O)CC[C@]5(C)CC[C@]43C)[C@@]2(C)CC[C@@H]1OCCc1ccccc1. The molecule has 1 N–H and O–H groups in total. The number of carboxylic acid groups (broad SMARTS) is 1. The van der Waals surface area contributed by atoms with Crippen LogP contribution >= 0.6 is 0 Å². The summed E-state index contributed by atoms with van der Waals surface area (Å²) >= 11 is 0. The molecule has 3 nitrogen and oxygen atoms in total. The minimum Gasteiger partial charge on any atom is -0.481 e. The summed E-state index contributed by atoms with van der Waals surface area (Å²) in [4.78, 5) is 12.4. The predicted octanol–water partition coefficient (Wildman–Crippen LogP) is 9.50. The third-order valence-corrected chi connectivity index (χ3v) is 14.8. The minimum atomic E-state index is -0.592. The van der Waals surface area contributed by atoms with E-state index in [1.807, 2.05) is 6.92 Å². The highest BCUT2D eigenvalue weighted by molar-refractivity contribution is 5.74. The Morgan fingerprint density at radius 2 is 1.59 bits per heavy atom. The molecule has 1 aromatic carbocycles. The van der Waals surface area contributed by atoms with E-state index in [9.17, 15) is 9.90 Å². The molecule has 5 aliphatic rings. The standard InChI is InChI=1S/C38H56O3/c1-33(2)29-15-19-38(7)30(36(29,5)18-16-31(33)41-24-17-26-11-9-8-10-12-26)14-13-27-28-25-35(4,32(39)40)21-20-34(28,3)22-23-37(27,38)6/h8-13,28-31H,14-25H2,1-7H3,(H,39,40)/t28-,29?,30?,31-,34+,35-,36-,37+,38+/m0/s1. The van der Waals surface area contributed by atoms with Crippen molar-refractivity contribution in [2.24, 2.45) is 50.2 Å². The number of hydrogen-bond acceptors (Lipinski definition) is 2. The van der Waals surface area contributed by atoms with Gasteiger partial charge in [0.2, 0.25) is 0 Å². The van der Waals surface area contributed by atoms with Crippen LogP contribution in [0.1, 0.15) is 118 Å². The largest absolute Gasteiger partial charge is 0.481 e. The quantitative estimate of drug-likeness (QED) is 0.365. The third kappa shape index (κ3) is 4.25. The van der Waals surface area contributed by atoms with Crippen molar-refractivity contribution in [3.05, 3.63) is 47.5 Å². The molecule has 6 rings (SSSR count). The number of hydrogen-bond donors (Lipinski definition) is 1. The first-order valence-corrected chi connectivity index (χ1v) is 16.8. The van der Waals surface area contributed by atoms with E-state index in [1.54, 1.807) is 5.57 Å². The number of carboxylic acids is 1. The number of ether oxygens (including phenoxy) is 1. The topological polar surface area (TPSA) is 46.5 Å². The highest BCUT2D eigenvalue weighted by atomic mass is 16.5. The normalized spacial score (nSPS) is 46.8. The van der Waals surface area contributed by atoms with Gasteiger partial charge in [-0.1, -0.05) is 83.5 Å². The van der Waals surface area contributed by atoms with Gasteiger partial charge in [0.25, 0.3) is 0 Å². The monoisotopic (exact) mass is 560 g/mol. The van der Waals surface area contributed by atoms with Crippen molar-refractivity contribution < 1.29 is 14.6 Å². The Morgan fingerprint density at radius 1 is 0.878 bits per heavy atom. The van der Waals surface area contributed by atoms with E-state index in [0.29, 0.717) is 29.3 Å². The fourth-order valence-corrected chi connectivity index (χ4v) is 11.8. The van der Waals surface area contributed by atoms with Crippen molar-refractivity contribution in [1.82, 2.24) is 0 Å². The average Bonchev–Trinajstić information content (AvgIpc) is 2.92. The summed E-state index contributed by atoms with van der Waals surface area (Å²) < 4.78 is 6.71. The molecule has 0 amide bonds. The molecule has 0 heterocycles. The lowest BCUT2D eigenvalue weighted by Gasteiger charge is -2.71. The Balaban J connectivity index is 1.26. The molecule has 9 atom stereocenters. The van der Waals surface area contributed by atoms with Crippen LogP contribution in [0.4, 0.5) is 0 Å². The second-order valence-corrected chi connectivity index (χ2v) is 17.0. The van der Waals surface area contributed by atoms with Gasteiger partial charge in [0, 0.05) is 0 Å². The van der Waals surface area contributed by atoms with Gasteiger partial charge in [-0.15, -0.1) is 0 Å². The molecular formula is C38H56O3. The van der Waals surface area contributed by atoms with Crippen LogP contribution in [0.25, 0.3) is 0 Å². The maximum absolute atomic E-state index is 12.4. The summed E-state index contributed by atoms with van der Waals surface area (Å²) in [6, 6.07) is 10.8. The van der Waals surface area contributed by atoms with E-state index in [0.717, 1.165) is 38.7 Å². The molecule has 3 heteroatoms. The van der Waals surface area contributed by atoms with E-state index in [2.05, 4.69) is 78.0 Å². The van der Waals surface area contributed by atoms with Gasteiger partial charge in [-0.3, -0.25) is 4.79 Å². The third-order valence-electron chi connectivity index (χ3n) is 14.8. The van der Waals surface area contributed by atoms with Gasteiger partial charge in [0.05, 0.1) is 18.1 Å². The van der Waals surface area contributed by atoms with Gasteiger partial charge in [-0.25, -0.2) is 0 Å². The molecule has 1 aromatic rings. The summed E-state index contributed by atoms with van der Waals surface area (Å²) in [5.41, 5.74) is 3.57. The van der Waals surface area contributed by atoms with Crippen LogP contribution in [0.15, 0.2) is 42.0 Å². The van der Waals surface area contributed by atoms with Crippen LogP contribution < -0.4 is 0 Å². The number of fused-ring (bicyclic) bond motifs is 7. The van der Waals surface area contributed by atoms with Crippen LogP contribution in [0.3, 0.4) is 0 Å².